The molecule has 3 heteroatoms. The molecule has 1 aliphatic carbocycles. The number of aliphatic hydroxyl groups excluding tert-OH is 1. The second-order valence-electron chi connectivity index (χ2n) is 6.03. The van der Waals surface area contributed by atoms with E-state index in [0.717, 1.165) is 38.3 Å². The fraction of sp³-hybridized carbons (Fsp3) is 0.929. The van der Waals surface area contributed by atoms with Gasteiger partial charge in [0.2, 0.25) is 5.91 Å². The van der Waals surface area contributed by atoms with E-state index in [4.69, 9.17) is 0 Å². The number of aliphatic hydroxyl groups is 1. The summed E-state index contributed by atoms with van der Waals surface area (Å²) >= 11 is 0. The molecule has 2 aliphatic rings. The van der Waals surface area contributed by atoms with E-state index in [1.807, 2.05) is 11.8 Å². The Morgan fingerprint density at radius 2 is 1.88 bits per heavy atom. The molecule has 1 aliphatic heterocycles. The molecule has 2 unspecified atom stereocenters. The Morgan fingerprint density at radius 3 is 2.41 bits per heavy atom. The summed E-state index contributed by atoms with van der Waals surface area (Å²) in [5.74, 6) is 1.70. The second-order valence-corrected chi connectivity index (χ2v) is 6.03. The molecule has 17 heavy (non-hydrogen) atoms. The van der Waals surface area contributed by atoms with E-state index in [9.17, 15) is 9.90 Å². The Labute approximate surface area is 104 Å². The molecule has 0 spiro atoms. The first-order valence-electron chi connectivity index (χ1n) is 7.04. The van der Waals surface area contributed by atoms with Gasteiger partial charge in [0, 0.05) is 24.9 Å². The molecular weight excluding hydrogens is 214 g/mol. The maximum Gasteiger partial charge on any atom is 0.225 e. The summed E-state index contributed by atoms with van der Waals surface area (Å²) in [4.78, 5) is 14.3. The van der Waals surface area contributed by atoms with Gasteiger partial charge in [-0.2, -0.15) is 0 Å². The second kappa shape index (κ2) is 5.38. The van der Waals surface area contributed by atoms with Gasteiger partial charge < -0.3 is 10.0 Å². The molecule has 2 fully saturated rings. The Bertz CT molecular complexity index is 269. The van der Waals surface area contributed by atoms with E-state index in [1.54, 1.807) is 0 Å². The molecule has 1 heterocycles. The van der Waals surface area contributed by atoms with E-state index in [-0.39, 0.29) is 12.0 Å². The number of amides is 1. The first-order chi connectivity index (χ1) is 8.08. The first kappa shape index (κ1) is 12.9. The van der Waals surface area contributed by atoms with Crippen molar-refractivity contribution in [2.45, 2.75) is 52.1 Å². The van der Waals surface area contributed by atoms with Crippen LogP contribution in [-0.4, -0.2) is 35.1 Å². The SMILES string of the molecule is CC1CCC(C(=O)N2CCC(C(C)O)C2)CC1. The molecule has 2 rings (SSSR count). The van der Waals surface area contributed by atoms with Crippen molar-refractivity contribution in [3.05, 3.63) is 0 Å². The van der Waals surface area contributed by atoms with E-state index >= 15 is 0 Å². The third-order valence-electron chi connectivity index (χ3n) is 4.58. The predicted molar refractivity (Wildman–Crippen MR) is 67.5 cm³/mol. The highest BCUT2D eigenvalue weighted by Gasteiger charge is 2.33. The summed E-state index contributed by atoms with van der Waals surface area (Å²) in [5.41, 5.74) is 0. The van der Waals surface area contributed by atoms with Gasteiger partial charge in [-0.25, -0.2) is 0 Å². The normalized spacial score (nSPS) is 35.9. The number of carbonyl (C=O) groups excluding carboxylic acids is 1. The molecule has 0 radical (unpaired) electrons. The van der Waals surface area contributed by atoms with E-state index in [1.165, 1.54) is 12.8 Å². The van der Waals surface area contributed by atoms with Crippen LogP contribution in [0.4, 0.5) is 0 Å². The maximum atomic E-state index is 12.3. The average Bonchev–Trinajstić information content (AvgIpc) is 2.78. The minimum absolute atomic E-state index is 0.263. The largest absolute Gasteiger partial charge is 0.393 e. The van der Waals surface area contributed by atoms with Crippen LogP contribution in [0.5, 0.6) is 0 Å². The average molecular weight is 239 g/mol. The number of carbonyl (C=O) groups is 1. The summed E-state index contributed by atoms with van der Waals surface area (Å²) in [7, 11) is 0. The number of nitrogens with zero attached hydrogens (tertiary/aromatic N) is 1. The van der Waals surface area contributed by atoms with Crippen molar-refractivity contribution in [2.24, 2.45) is 17.8 Å². The molecule has 3 nitrogen and oxygen atoms in total. The van der Waals surface area contributed by atoms with Gasteiger partial charge in [-0.15, -0.1) is 0 Å². The maximum absolute atomic E-state index is 12.3. The van der Waals surface area contributed by atoms with E-state index < -0.39 is 0 Å². The molecule has 2 atom stereocenters. The summed E-state index contributed by atoms with van der Waals surface area (Å²) in [5, 5.41) is 9.56. The van der Waals surface area contributed by atoms with Crippen molar-refractivity contribution in [3.63, 3.8) is 0 Å². The van der Waals surface area contributed by atoms with Gasteiger partial charge in [0.1, 0.15) is 0 Å². The highest BCUT2D eigenvalue weighted by molar-refractivity contribution is 5.79. The van der Waals surface area contributed by atoms with E-state index in [2.05, 4.69) is 6.92 Å². The van der Waals surface area contributed by atoms with Gasteiger partial charge in [-0.1, -0.05) is 6.92 Å². The van der Waals surface area contributed by atoms with Crippen LogP contribution in [0.2, 0.25) is 0 Å². The zero-order chi connectivity index (χ0) is 12.4. The summed E-state index contributed by atoms with van der Waals surface area (Å²) in [6.07, 6.45) is 5.21. The van der Waals surface area contributed by atoms with Crippen molar-refractivity contribution in [2.75, 3.05) is 13.1 Å². The van der Waals surface area contributed by atoms with Crippen LogP contribution in [0.25, 0.3) is 0 Å². The van der Waals surface area contributed by atoms with Crippen molar-refractivity contribution in [3.8, 4) is 0 Å². The van der Waals surface area contributed by atoms with Crippen LogP contribution in [0.15, 0.2) is 0 Å². The molecule has 0 aromatic rings. The zero-order valence-corrected chi connectivity index (χ0v) is 11.1. The fourth-order valence-electron chi connectivity index (χ4n) is 3.15. The predicted octanol–water partition coefficient (Wildman–Crippen LogP) is 2.04. The Hall–Kier alpha value is -0.570. The topological polar surface area (TPSA) is 40.5 Å². The lowest BCUT2D eigenvalue weighted by molar-refractivity contribution is -0.136. The van der Waals surface area contributed by atoms with Gasteiger partial charge in [-0.05, 0) is 44.9 Å². The zero-order valence-electron chi connectivity index (χ0n) is 11.1. The smallest absolute Gasteiger partial charge is 0.225 e. The van der Waals surface area contributed by atoms with Crippen molar-refractivity contribution >= 4 is 5.91 Å². The lowest BCUT2D eigenvalue weighted by Gasteiger charge is -2.29. The van der Waals surface area contributed by atoms with Crippen molar-refractivity contribution in [1.29, 1.82) is 0 Å². The number of rotatable bonds is 2. The third-order valence-corrected chi connectivity index (χ3v) is 4.58. The molecule has 1 amide bonds. The van der Waals surface area contributed by atoms with Crippen molar-refractivity contribution in [1.82, 2.24) is 4.90 Å². The summed E-state index contributed by atoms with van der Waals surface area (Å²) in [6.45, 7) is 5.73. The van der Waals surface area contributed by atoms with Gasteiger partial charge >= 0.3 is 0 Å². The summed E-state index contributed by atoms with van der Waals surface area (Å²) < 4.78 is 0. The monoisotopic (exact) mass is 239 g/mol. The Kier molecular flexibility index (Phi) is 4.08. The quantitative estimate of drug-likeness (QED) is 0.801. The lowest BCUT2D eigenvalue weighted by atomic mass is 9.82. The lowest BCUT2D eigenvalue weighted by Crippen LogP contribution is -2.36. The molecular formula is C14H25NO2. The Morgan fingerprint density at radius 1 is 1.24 bits per heavy atom. The molecule has 98 valence electrons. The van der Waals surface area contributed by atoms with Gasteiger partial charge in [0.05, 0.1) is 6.10 Å². The minimum atomic E-state index is -0.279. The standard InChI is InChI=1S/C14H25NO2/c1-10-3-5-12(6-4-10)14(17)15-8-7-13(9-15)11(2)16/h10-13,16H,3-9H2,1-2H3. The molecule has 1 saturated heterocycles. The van der Waals surface area contributed by atoms with Gasteiger partial charge in [-0.3, -0.25) is 4.79 Å². The Balaban J connectivity index is 1.84. The third kappa shape index (κ3) is 3.01. The fourth-order valence-corrected chi connectivity index (χ4v) is 3.15. The van der Waals surface area contributed by atoms with Crippen LogP contribution in [0.1, 0.15) is 46.0 Å². The first-order valence-corrected chi connectivity index (χ1v) is 7.04. The number of hydrogen-bond acceptors (Lipinski definition) is 2. The van der Waals surface area contributed by atoms with Gasteiger partial charge in [0.25, 0.3) is 0 Å². The van der Waals surface area contributed by atoms with Crippen LogP contribution in [0, 0.1) is 17.8 Å². The highest BCUT2D eigenvalue weighted by atomic mass is 16.3. The number of hydrogen-bond donors (Lipinski definition) is 1. The molecule has 0 aromatic heterocycles. The van der Waals surface area contributed by atoms with Crippen LogP contribution in [-0.2, 0) is 4.79 Å². The number of likely N-dealkylation sites (tertiary alicyclic amines) is 1. The van der Waals surface area contributed by atoms with Crippen LogP contribution >= 0.6 is 0 Å². The van der Waals surface area contributed by atoms with Crippen LogP contribution in [0.3, 0.4) is 0 Å². The minimum Gasteiger partial charge on any atom is -0.393 e. The van der Waals surface area contributed by atoms with Gasteiger partial charge in [0.15, 0.2) is 0 Å². The molecule has 1 saturated carbocycles. The summed E-state index contributed by atoms with van der Waals surface area (Å²) in [6, 6.07) is 0. The van der Waals surface area contributed by atoms with Crippen molar-refractivity contribution < 1.29 is 9.90 Å². The van der Waals surface area contributed by atoms with E-state index in [0.29, 0.717) is 11.8 Å². The molecule has 0 bridgehead atoms. The molecule has 0 aromatic carbocycles. The highest BCUT2D eigenvalue weighted by Crippen LogP contribution is 2.31. The molecule has 1 N–H and O–H groups in total. The van der Waals surface area contributed by atoms with Crippen LogP contribution < -0.4 is 0 Å².